The number of aliphatic carboxylic acids is 1. The summed E-state index contributed by atoms with van der Waals surface area (Å²) in [4.78, 5) is 88.2. The van der Waals surface area contributed by atoms with Crippen molar-refractivity contribution in [2.24, 2.45) is 5.92 Å². The highest BCUT2D eigenvalue weighted by atomic mass is 16.7. The number of hydrogen-bond acceptors (Lipinski definition) is 10. The predicted octanol–water partition coefficient (Wildman–Crippen LogP) is 2.09. The number of nitrogens with one attached hydrogen (secondary N) is 3. The zero-order valence-electron chi connectivity index (χ0n) is 26.0. The van der Waals surface area contributed by atoms with E-state index in [2.05, 4.69) is 16.0 Å². The van der Waals surface area contributed by atoms with Gasteiger partial charge in [-0.05, 0) is 37.1 Å². The monoisotopic (exact) mass is 644 g/mol. The number of hydrogen-bond donors (Lipinski definition) is 4. The number of aldehydes is 2. The zero-order chi connectivity index (χ0) is 34.1. The van der Waals surface area contributed by atoms with Crippen LogP contribution in [0.25, 0.3) is 11.3 Å². The summed E-state index contributed by atoms with van der Waals surface area (Å²) < 4.78 is 10.9. The largest absolute Gasteiger partial charge is 0.481 e. The lowest BCUT2D eigenvalue weighted by atomic mass is 9.90. The van der Waals surface area contributed by atoms with Crippen molar-refractivity contribution < 1.29 is 52.7 Å². The molecule has 250 valence electrons. The second-order valence-corrected chi connectivity index (χ2v) is 10.1. The molecule has 0 spiro atoms. The Bertz CT molecular complexity index is 1360. The van der Waals surface area contributed by atoms with Crippen LogP contribution in [0, 0.1) is 5.92 Å². The molecule has 0 fully saturated rings. The van der Waals surface area contributed by atoms with Gasteiger partial charge < -0.3 is 39.8 Å². The van der Waals surface area contributed by atoms with Crippen molar-refractivity contribution in [3.05, 3.63) is 41.7 Å². The van der Waals surface area contributed by atoms with Gasteiger partial charge in [-0.2, -0.15) is 0 Å². The van der Waals surface area contributed by atoms with Crippen molar-refractivity contribution >= 4 is 42.7 Å². The number of carboxylic acid groups (broad SMARTS) is 1. The van der Waals surface area contributed by atoms with Crippen LogP contribution < -0.4 is 20.7 Å². The second-order valence-electron chi connectivity index (χ2n) is 10.1. The fourth-order valence-electron chi connectivity index (χ4n) is 4.68. The van der Waals surface area contributed by atoms with E-state index in [9.17, 15) is 33.6 Å². The van der Waals surface area contributed by atoms with Gasteiger partial charge in [-0.1, -0.05) is 39.2 Å². The lowest BCUT2D eigenvalue weighted by molar-refractivity contribution is -0.182. The predicted molar refractivity (Wildman–Crippen MR) is 162 cm³/mol. The van der Waals surface area contributed by atoms with Gasteiger partial charge in [0, 0.05) is 12.0 Å². The molecule has 46 heavy (non-hydrogen) atoms. The van der Waals surface area contributed by atoms with E-state index in [1.807, 2.05) is 13.8 Å². The molecule has 0 bridgehead atoms. The number of furan rings is 1. The van der Waals surface area contributed by atoms with Gasteiger partial charge in [-0.15, -0.1) is 0 Å². The number of carboxylic acids is 1. The molecule has 0 radical (unpaired) electrons. The molecule has 0 aliphatic rings. The summed E-state index contributed by atoms with van der Waals surface area (Å²) in [6, 6.07) is 5.41. The molecule has 4 amide bonds. The topological polar surface area (TPSA) is 211 Å². The van der Waals surface area contributed by atoms with Gasteiger partial charge >= 0.3 is 5.97 Å². The Kier molecular flexibility index (Phi) is 15.6. The van der Waals surface area contributed by atoms with E-state index in [4.69, 9.17) is 19.1 Å². The molecule has 2 aromatic rings. The number of ether oxygens (including phenoxy) is 1. The summed E-state index contributed by atoms with van der Waals surface area (Å²) in [7, 11) is 1.35. The molecule has 1 aromatic heterocycles. The quantitative estimate of drug-likeness (QED) is 0.0631. The molecule has 0 saturated heterocycles. The Morgan fingerprint density at radius 3 is 2.39 bits per heavy atom. The third kappa shape index (κ3) is 10.8. The van der Waals surface area contributed by atoms with Gasteiger partial charge in [0.1, 0.15) is 24.1 Å². The Balaban J connectivity index is 2.15. The Morgan fingerprint density at radius 1 is 1.02 bits per heavy atom. The molecule has 15 nitrogen and oxygen atoms in total. The molecular formula is C31H40N4O11. The summed E-state index contributed by atoms with van der Waals surface area (Å²) in [5.74, 6) is -3.68. The highest BCUT2D eigenvalue weighted by Crippen LogP contribution is 2.29. The summed E-state index contributed by atoms with van der Waals surface area (Å²) in [5, 5.41) is 17.8. The van der Waals surface area contributed by atoms with Crippen molar-refractivity contribution in [1.29, 1.82) is 0 Å². The highest BCUT2D eigenvalue weighted by Gasteiger charge is 2.31. The van der Waals surface area contributed by atoms with Crippen LogP contribution in [-0.4, -0.2) is 85.3 Å². The van der Waals surface area contributed by atoms with E-state index in [1.54, 1.807) is 0 Å². The SMILES string of the molecule is CCCCCC(C(=O)NCNC(=O)c1ccc(-c2ccc(C(=O)NC(C=O)CC=O)c(OCC(=O)O)c2)o1)C(CC)N(C=O)OC. The van der Waals surface area contributed by atoms with E-state index >= 15 is 0 Å². The summed E-state index contributed by atoms with van der Waals surface area (Å²) in [6.45, 7) is 2.90. The van der Waals surface area contributed by atoms with Crippen molar-refractivity contribution in [2.75, 3.05) is 20.4 Å². The molecule has 0 aliphatic heterocycles. The average Bonchev–Trinajstić information content (AvgIpc) is 3.55. The van der Waals surface area contributed by atoms with E-state index in [1.165, 1.54) is 37.4 Å². The molecule has 15 heteroatoms. The molecule has 0 saturated carbocycles. The summed E-state index contributed by atoms with van der Waals surface area (Å²) in [5.41, 5.74) is 0.241. The number of hydroxylamine groups is 2. The van der Waals surface area contributed by atoms with Gasteiger partial charge in [0.2, 0.25) is 12.3 Å². The van der Waals surface area contributed by atoms with Crippen LogP contribution in [0.5, 0.6) is 5.75 Å². The Labute approximate surface area is 265 Å². The molecule has 0 aliphatic carbocycles. The number of carbonyl (C=O) groups is 7. The van der Waals surface area contributed by atoms with Crippen molar-refractivity contribution in [1.82, 2.24) is 21.0 Å². The maximum Gasteiger partial charge on any atom is 0.341 e. The summed E-state index contributed by atoms with van der Waals surface area (Å²) >= 11 is 0. The Morgan fingerprint density at radius 2 is 1.78 bits per heavy atom. The van der Waals surface area contributed by atoms with Crippen LogP contribution in [0.4, 0.5) is 0 Å². The second kappa shape index (κ2) is 19.4. The van der Waals surface area contributed by atoms with Crippen LogP contribution in [0.2, 0.25) is 0 Å². The summed E-state index contributed by atoms with van der Waals surface area (Å²) in [6.07, 6.45) is 4.81. The van der Waals surface area contributed by atoms with E-state index in [-0.39, 0.29) is 41.8 Å². The average molecular weight is 645 g/mol. The normalized spacial score (nSPS) is 12.6. The molecule has 4 N–H and O–H groups in total. The van der Waals surface area contributed by atoms with Gasteiger partial charge in [0.15, 0.2) is 12.4 Å². The van der Waals surface area contributed by atoms with E-state index < -0.39 is 42.4 Å². The lowest BCUT2D eigenvalue weighted by Crippen LogP contribution is -2.48. The van der Waals surface area contributed by atoms with Gasteiger partial charge in [-0.3, -0.25) is 24.0 Å². The van der Waals surface area contributed by atoms with Crippen molar-refractivity contribution in [3.8, 4) is 17.1 Å². The third-order valence-electron chi connectivity index (χ3n) is 7.01. The number of benzene rings is 1. The zero-order valence-corrected chi connectivity index (χ0v) is 26.0. The van der Waals surface area contributed by atoms with Gasteiger partial charge in [-0.25, -0.2) is 9.86 Å². The molecule has 1 aromatic carbocycles. The smallest absolute Gasteiger partial charge is 0.341 e. The van der Waals surface area contributed by atoms with Crippen LogP contribution in [0.3, 0.4) is 0 Å². The van der Waals surface area contributed by atoms with E-state index in [0.717, 1.165) is 24.3 Å². The number of amides is 4. The first kappa shape index (κ1) is 37.1. The highest BCUT2D eigenvalue weighted by molar-refractivity contribution is 5.99. The molecule has 2 rings (SSSR count). The van der Waals surface area contributed by atoms with Crippen LogP contribution in [0.1, 0.15) is 73.3 Å². The van der Waals surface area contributed by atoms with Crippen LogP contribution in [0.15, 0.2) is 34.7 Å². The Hall–Kier alpha value is -5.05. The van der Waals surface area contributed by atoms with Crippen LogP contribution >= 0.6 is 0 Å². The molecule has 1 heterocycles. The first-order valence-corrected chi connectivity index (χ1v) is 14.8. The fourth-order valence-corrected chi connectivity index (χ4v) is 4.68. The van der Waals surface area contributed by atoms with Crippen molar-refractivity contribution in [2.45, 2.75) is 64.5 Å². The maximum absolute atomic E-state index is 13.1. The molecular weight excluding hydrogens is 604 g/mol. The first-order chi connectivity index (χ1) is 22.1. The van der Waals surface area contributed by atoms with Gasteiger partial charge in [0.25, 0.3) is 11.8 Å². The van der Waals surface area contributed by atoms with Gasteiger partial charge in [0.05, 0.1) is 37.3 Å². The first-order valence-electron chi connectivity index (χ1n) is 14.8. The third-order valence-corrected chi connectivity index (χ3v) is 7.01. The van der Waals surface area contributed by atoms with Crippen LogP contribution in [-0.2, 0) is 28.8 Å². The van der Waals surface area contributed by atoms with E-state index in [0.29, 0.717) is 37.4 Å². The lowest BCUT2D eigenvalue weighted by Gasteiger charge is -2.31. The maximum atomic E-state index is 13.1. The van der Waals surface area contributed by atoms with Crippen molar-refractivity contribution in [3.63, 3.8) is 0 Å². The standard InChI is InChI=1S/C31H40N4O11/c1-4-6-7-8-22(24(5-2)35(19-38)44-3)29(41)32-18-33-31(43)26-12-11-25(46-26)20-9-10-23(27(15-20)45-17-28(39)40)30(42)34-21(16-37)13-14-36/h9-12,14-16,19,21-22,24H,4-8,13,17-18H2,1-3H3,(H,32,41)(H,33,43)(H,34,42)(H,39,40). The molecule has 3 unspecified atom stereocenters. The number of nitrogens with zero attached hydrogens (tertiary/aromatic N) is 1. The minimum atomic E-state index is -1.30. The molecule has 3 atom stereocenters. The number of rotatable bonds is 22. The fraction of sp³-hybridized carbons (Fsp3) is 0.452. The minimum Gasteiger partial charge on any atom is -0.481 e. The number of unbranched alkanes of at least 4 members (excludes halogenated alkanes) is 2. The minimum absolute atomic E-state index is 0.0944. The number of carbonyl (C=O) groups excluding carboxylic acids is 6.